The maximum Gasteiger partial charge on any atom is 0.0931 e. The lowest BCUT2D eigenvalue weighted by Gasteiger charge is -2.07. The van der Waals surface area contributed by atoms with Gasteiger partial charge in [0.05, 0.1) is 23.6 Å². The topological polar surface area (TPSA) is 53.4 Å². The maximum atomic E-state index is 9.19. The summed E-state index contributed by atoms with van der Waals surface area (Å²) in [6.07, 6.45) is -1.16. The molecule has 3 heteroatoms. The fraction of sp³-hybridized carbons (Fsp3) is 0.444. The van der Waals surface area contributed by atoms with Gasteiger partial charge in [-0.3, -0.25) is 4.98 Å². The van der Waals surface area contributed by atoms with Crippen molar-refractivity contribution in [2.24, 2.45) is 0 Å². The zero-order valence-electron chi connectivity index (χ0n) is 7.23. The van der Waals surface area contributed by atoms with Gasteiger partial charge in [-0.1, -0.05) is 6.07 Å². The average molecular weight is 167 g/mol. The minimum Gasteiger partial charge on any atom is -0.387 e. The summed E-state index contributed by atoms with van der Waals surface area (Å²) in [5.41, 5.74) is 1.18. The molecule has 1 heterocycles. The maximum absolute atomic E-state index is 9.19. The molecule has 0 aliphatic rings. The van der Waals surface area contributed by atoms with Crippen molar-refractivity contribution in [3.8, 4) is 0 Å². The van der Waals surface area contributed by atoms with Crippen LogP contribution in [0.1, 0.15) is 37.4 Å². The Bertz CT molecular complexity index is 235. The molecule has 1 rings (SSSR count). The van der Waals surface area contributed by atoms with Gasteiger partial charge in [0.1, 0.15) is 0 Å². The van der Waals surface area contributed by atoms with Gasteiger partial charge in [0.15, 0.2) is 0 Å². The number of aromatic nitrogens is 1. The van der Waals surface area contributed by atoms with Crippen LogP contribution < -0.4 is 0 Å². The van der Waals surface area contributed by atoms with Crippen LogP contribution >= 0.6 is 0 Å². The van der Waals surface area contributed by atoms with E-state index in [1.165, 1.54) is 0 Å². The second-order valence-corrected chi connectivity index (χ2v) is 2.84. The molecule has 2 atom stereocenters. The van der Waals surface area contributed by atoms with E-state index in [2.05, 4.69) is 4.98 Å². The van der Waals surface area contributed by atoms with E-state index in [0.717, 1.165) is 0 Å². The summed E-state index contributed by atoms with van der Waals surface area (Å²) >= 11 is 0. The number of pyridine rings is 1. The monoisotopic (exact) mass is 167 g/mol. The summed E-state index contributed by atoms with van der Waals surface area (Å²) in [7, 11) is 0. The van der Waals surface area contributed by atoms with Crippen molar-refractivity contribution in [3.63, 3.8) is 0 Å². The predicted octanol–water partition coefficient (Wildman–Crippen LogP) is 1.19. The predicted molar refractivity (Wildman–Crippen MR) is 45.5 cm³/mol. The van der Waals surface area contributed by atoms with Crippen LogP contribution in [0.4, 0.5) is 0 Å². The molecule has 3 nitrogen and oxygen atoms in total. The third-order valence-corrected chi connectivity index (χ3v) is 1.65. The van der Waals surface area contributed by atoms with Gasteiger partial charge in [-0.25, -0.2) is 0 Å². The van der Waals surface area contributed by atoms with Crippen LogP contribution in [0.3, 0.4) is 0 Å². The van der Waals surface area contributed by atoms with Crippen molar-refractivity contribution >= 4 is 0 Å². The van der Waals surface area contributed by atoms with Gasteiger partial charge in [0, 0.05) is 0 Å². The minimum absolute atomic E-state index is 0.580. The molecule has 0 amide bonds. The average Bonchev–Trinajstić information content (AvgIpc) is 2.04. The third-order valence-electron chi connectivity index (χ3n) is 1.65. The van der Waals surface area contributed by atoms with E-state index in [1.54, 1.807) is 32.0 Å². The highest BCUT2D eigenvalue weighted by Gasteiger charge is 2.06. The SMILES string of the molecule is C[C@H](O)c1cccc([C@H](C)O)n1. The van der Waals surface area contributed by atoms with E-state index in [1.807, 2.05) is 0 Å². The molecule has 0 unspecified atom stereocenters. The normalized spacial score (nSPS) is 15.7. The molecule has 0 aliphatic heterocycles. The Kier molecular flexibility index (Phi) is 2.78. The Morgan fingerprint density at radius 3 is 1.83 bits per heavy atom. The molecule has 0 fully saturated rings. The van der Waals surface area contributed by atoms with Crippen LogP contribution in [0, 0.1) is 0 Å². The van der Waals surface area contributed by atoms with E-state index in [4.69, 9.17) is 0 Å². The number of aliphatic hydroxyl groups excluding tert-OH is 2. The quantitative estimate of drug-likeness (QED) is 0.695. The van der Waals surface area contributed by atoms with Crippen molar-refractivity contribution in [3.05, 3.63) is 29.6 Å². The van der Waals surface area contributed by atoms with E-state index in [0.29, 0.717) is 11.4 Å². The highest BCUT2D eigenvalue weighted by Crippen LogP contribution is 2.13. The van der Waals surface area contributed by atoms with Gasteiger partial charge in [-0.15, -0.1) is 0 Å². The van der Waals surface area contributed by atoms with E-state index < -0.39 is 12.2 Å². The first-order valence-electron chi connectivity index (χ1n) is 3.94. The number of rotatable bonds is 2. The van der Waals surface area contributed by atoms with Crippen molar-refractivity contribution < 1.29 is 10.2 Å². The molecule has 12 heavy (non-hydrogen) atoms. The minimum atomic E-state index is -0.580. The second kappa shape index (κ2) is 3.65. The summed E-state index contributed by atoms with van der Waals surface area (Å²) in [6.45, 7) is 3.29. The molecule has 0 spiro atoms. The lowest BCUT2D eigenvalue weighted by atomic mass is 10.2. The molecule has 0 saturated carbocycles. The molecule has 0 aliphatic carbocycles. The summed E-state index contributed by atoms with van der Waals surface area (Å²) in [4.78, 5) is 4.07. The van der Waals surface area contributed by atoms with Gasteiger partial charge in [0.2, 0.25) is 0 Å². The van der Waals surface area contributed by atoms with Crippen LogP contribution in [0.25, 0.3) is 0 Å². The summed E-state index contributed by atoms with van der Waals surface area (Å²) in [5, 5.41) is 18.4. The van der Waals surface area contributed by atoms with Crippen LogP contribution in [0.5, 0.6) is 0 Å². The van der Waals surface area contributed by atoms with E-state index >= 15 is 0 Å². The molecule has 1 aromatic heterocycles. The number of aliphatic hydroxyl groups is 2. The largest absolute Gasteiger partial charge is 0.387 e. The zero-order chi connectivity index (χ0) is 9.14. The van der Waals surface area contributed by atoms with Gasteiger partial charge in [-0.05, 0) is 26.0 Å². The first-order chi connectivity index (χ1) is 5.61. The zero-order valence-corrected chi connectivity index (χ0v) is 7.23. The highest BCUT2D eigenvalue weighted by atomic mass is 16.3. The standard InChI is InChI=1S/C9H13NO2/c1-6(11)8-4-3-5-9(10-8)7(2)12/h3-7,11-12H,1-2H3/t6-,7-/m0/s1. The van der Waals surface area contributed by atoms with Gasteiger partial charge in [0.25, 0.3) is 0 Å². The van der Waals surface area contributed by atoms with Crippen LogP contribution in [-0.4, -0.2) is 15.2 Å². The molecular weight excluding hydrogens is 154 g/mol. The Hall–Kier alpha value is -0.930. The first-order valence-corrected chi connectivity index (χ1v) is 3.94. The molecule has 2 N–H and O–H groups in total. The van der Waals surface area contributed by atoms with E-state index in [9.17, 15) is 10.2 Å². The molecule has 66 valence electrons. The molecule has 0 bridgehead atoms. The highest BCUT2D eigenvalue weighted by molar-refractivity contribution is 5.13. The second-order valence-electron chi connectivity index (χ2n) is 2.84. The smallest absolute Gasteiger partial charge is 0.0931 e. The van der Waals surface area contributed by atoms with E-state index in [-0.39, 0.29) is 0 Å². The summed E-state index contributed by atoms with van der Waals surface area (Å²) < 4.78 is 0. The number of nitrogens with zero attached hydrogens (tertiary/aromatic N) is 1. The Morgan fingerprint density at radius 1 is 1.08 bits per heavy atom. The lowest BCUT2D eigenvalue weighted by molar-refractivity contribution is 0.183. The summed E-state index contributed by atoms with van der Waals surface area (Å²) in [5.74, 6) is 0. The molecule has 1 aromatic rings. The Labute approximate surface area is 71.7 Å². The Morgan fingerprint density at radius 2 is 1.50 bits per heavy atom. The van der Waals surface area contributed by atoms with Crippen LogP contribution in [0.15, 0.2) is 18.2 Å². The van der Waals surface area contributed by atoms with Gasteiger partial charge < -0.3 is 10.2 Å². The fourth-order valence-electron chi connectivity index (χ4n) is 0.934. The fourth-order valence-corrected chi connectivity index (χ4v) is 0.934. The van der Waals surface area contributed by atoms with Crippen LogP contribution in [0.2, 0.25) is 0 Å². The molecule has 0 aromatic carbocycles. The third kappa shape index (κ3) is 2.03. The van der Waals surface area contributed by atoms with Gasteiger partial charge >= 0.3 is 0 Å². The Balaban J connectivity index is 2.96. The van der Waals surface area contributed by atoms with Crippen LogP contribution in [-0.2, 0) is 0 Å². The summed E-state index contributed by atoms with van der Waals surface area (Å²) in [6, 6.07) is 5.24. The van der Waals surface area contributed by atoms with Crippen molar-refractivity contribution in [1.82, 2.24) is 4.98 Å². The molecule has 0 radical (unpaired) electrons. The molecule has 0 saturated heterocycles. The first kappa shape index (κ1) is 9.16. The van der Waals surface area contributed by atoms with Crippen molar-refractivity contribution in [1.29, 1.82) is 0 Å². The van der Waals surface area contributed by atoms with Gasteiger partial charge in [-0.2, -0.15) is 0 Å². The van der Waals surface area contributed by atoms with Crippen molar-refractivity contribution in [2.45, 2.75) is 26.1 Å². The van der Waals surface area contributed by atoms with Crippen molar-refractivity contribution in [2.75, 3.05) is 0 Å². The molecular formula is C9H13NO2. The lowest BCUT2D eigenvalue weighted by Crippen LogP contribution is -2.01. The number of hydrogen-bond acceptors (Lipinski definition) is 3. The number of hydrogen-bond donors (Lipinski definition) is 2.